The number of likely N-dealkylation sites (tertiary alicyclic amines) is 1. The number of hydrogen-bond donors (Lipinski definition) is 1. The molecule has 2 saturated heterocycles. The molecule has 0 aromatic rings. The molecular formula is C15H26N2O. The summed E-state index contributed by atoms with van der Waals surface area (Å²) >= 11 is 0. The quantitative estimate of drug-likeness (QED) is 0.833. The van der Waals surface area contributed by atoms with Crippen LogP contribution < -0.4 is 5.32 Å². The van der Waals surface area contributed by atoms with Crippen molar-refractivity contribution >= 4 is 5.91 Å². The van der Waals surface area contributed by atoms with Gasteiger partial charge < -0.3 is 10.2 Å². The Labute approximate surface area is 110 Å². The minimum Gasteiger partial charge on any atom is -0.341 e. The van der Waals surface area contributed by atoms with Crippen LogP contribution in [0.2, 0.25) is 0 Å². The second kappa shape index (κ2) is 5.60. The number of carbonyl (C=O) groups excluding carboxylic acids is 1. The molecule has 1 aliphatic carbocycles. The zero-order valence-electron chi connectivity index (χ0n) is 11.4. The molecule has 3 nitrogen and oxygen atoms in total. The first kappa shape index (κ1) is 12.5. The van der Waals surface area contributed by atoms with Crippen LogP contribution in [0.4, 0.5) is 0 Å². The van der Waals surface area contributed by atoms with E-state index in [9.17, 15) is 4.79 Å². The van der Waals surface area contributed by atoms with Gasteiger partial charge in [0.15, 0.2) is 0 Å². The van der Waals surface area contributed by atoms with Gasteiger partial charge in [-0.2, -0.15) is 0 Å². The smallest absolute Gasteiger partial charge is 0.222 e. The van der Waals surface area contributed by atoms with Crippen molar-refractivity contribution in [2.75, 3.05) is 13.1 Å². The second-order valence-electron chi connectivity index (χ2n) is 6.46. The Morgan fingerprint density at radius 2 is 1.83 bits per heavy atom. The van der Waals surface area contributed by atoms with E-state index in [1.165, 1.54) is 38.5 Å². The molecule has 102 valence electrons. The lowest BCUT2D eigenvalue weighted by Gasteiger charge is -2.24. The Balaban J connectivity index is 1.46. The maximum absolute atomic E-state index is 12.3. The topological polar surface area (TPSA) is 32.3 Å². The highest BCUT2D eigenvalue weighted by Crippen LogP contribution is 2.29. The van der Waals surface area contributed by atoms with Crippen LogP contribution in [0.3, 0.4) is 0 Å². The summed E-state index contributed by atoms with van der Waals surface area (Å²) in [6.45, 7) is 1.94. The standard InChI is InChI=1S/C15H26N2O/c18-15(8-5-12-3-1-2-4-12)17-10-9-13-6-7-14(11-17)16-13/h12-14,16H,1-11H2. The van der Waals surface area contributed by atoms with Crippen molar-refractivity contribution in [3.63, 3.8) is 0 Å². The van der Waals surface area contributed by atoms with Gasteiger partial charge in [-0.1, -0.05) is 25.7 Å². The molecule has 0 spiro atoms. The Kier molecular flexibility index (Phi) is 3.88. The van der Waals surface area contributed by atoms with Crippen LogP contribution in [-0.2, 0) is 4.79 Å². The lowest BCUT2D eigenvalue weighted by molar-refractivity contribution is -0.131. The maximum Gasteiger partial charge on any atom is 0.222 e. The number of amides is 1. The van der Waals surface area contributed by atoms with Crippen LogP contribution in [0.1, 0.15) is 57.8 Å². The summed E-state index contributed by atoms with van der Waals surface area (Å²) in [4.78, 5) is 14.4. The van der Waals surface area contributed by atoms with Gasteiger partial charge in [0.1, 0.15) is 0 Å². The van der Waals surface area contributed by atoms with Crippen molar-refractivity contribution < 1.29 is 4.79 Å². The molecule has 2 aliphatic heterocycles. The SMILES string of the molecule is O=C(CCC1CCCC1)N1CCC2CCC(C1)N2. The molecule has 2 unspecified atom stereocenters. The van der Waals surface area contributed by atoms with Crippen LogP contribution in [0.15, 0.2) is 0 Å². The van der Waals surface area contributed by atoms with Crippen molar-refractivity contribution in [2.45, 2.75) is 69.9 Å². The zero-order valence-corrected chi connectivity index (χ0v) is 11.4. The minimum absolute atomic E-state index is 0.413. The molecule has 3 rings (SSSR count). The van der Waals surface area contributed by atoms with E-state index >= 15 is 0 Å². The molecular weight excluding hydrogens is 224 g/mol. The highest BCUT2D eigenvalue weighted by molar-refractivity contribution is 5.76. The lowest BCUT2D eigenvalue weighted by Crippen LogP contribution is -2.39. The molecule has 0 aromatic heterocycles. The van der Waals surface area contributed by atoms with Gasteiger partial charge in [-0.25, -0.2) is 0 Å². The molecule has 3 aliphatic rings. The third kappa shape index (κ3) is 2.87. The van der Waals surface area contributed by atoms with Gasteiger partial charge in [-0.3, -0.25) is 4.79 Å². The summed E-state index contributed by atoms with van der Waals surface area (Å²) in [5.41, 5.74) is 0. The minimum atomic E-state index is 0.413. The first-order chi connectivity index (χ1) is 8.81. The van der Waals surface area contributed by atoms with E-state index in [-0.39, 0.29) is 0 Å². The van der Waals surface area contributed by atoms with Crippen LogP contribution in [0.5, 0.6) is 0 Å². The van der Waals surface area contributed by atoms with Crippen LogP contribution in [-0.4, -0.2) is 36.0 Å². The van der Waals surface area contributed by atoms with Gasteiger partial charge >= 0.3 is 0 Å². The van der Waals surface area contributed by atoms with Crippen molar-refractivity contribution in [3.8, 4) is 0 Å². The van der Waals surface area contributed by atoms with Crippen molar-refractivity contribution in [1.82, 2.24) is 10.2 Å². The number of rotatable bonds is 3. The Hall–Kier alpha value is -0.570. The molecule has 1 N–H and O–H groups in total. The summed E-state index contributed by atoms with van der Waals surface area (Å²) < 4.78 is 0. The third-order valence-corrected chi connectivity index (χ3v) is 5.12. The van der Waals surface area contributed by atoms with Crippen LogP contribution in [0, 0.1) is 5.92 Å². The van der Waals surface area contributed by atoms with E-state index in [1.807, 2.05) is 0 Å². The van der Waals surface area contributed by atoms with Gasteiger partial charge in [-0.15, -0.1) is 0 Å². The van der Waals surface area contributed by atoms with Crippen molar-refractivity contribution in [2.24, 2.45) is 5.92 Å². The maximum atomic E-state index is 12.3. The van der Waals surface area contributed by atoms with E-state index in [0.29, 0.717) is 18.0 Å². The van der Waals surface area contributed by atoms with E-state index in [1.54, 1.807) is 0 Å². The van der Waals surface area contributed by atoms with Gasteiger partial charge in [0.05, 0.1) is 0 Å². The molecule has 1 saturated carbocycles. The number of carbonyl (C=O) groups is 1. The fourth-order valence-electron chi connectivity index (χ4n) is 3.95. The van der Waals surface area contributed by atoms with Gasteiger partial charge in [0.25, 0.3) is 0 Å². The number of nitrogens with zero attached hydrogens (tertiary/aromatic N) is 1. The highest BCUT2D eigenvalue weighted by atomic mass is 16.2. The number of hydrogen-bond acceptors (Lipinski definition) is 2. The summed E-state index contributed by atoms with van der Waals surface area (Å²) in [6, 6.07) is 1.26. The molecule has 18 heavy (non-hydrogen) atoms. The van der Waals surface area contributed by atoms with E-state index in [0.717, 1.165) is 38.3 Å². The summed E-state index contributed by atoms with van der Waals surface area (Å²) in [7, 11) is 0. The summed E-state index contributed by atoms with van der Waals surface area (Å²) in [5.74, 6) is 1.26. The van der Waals surface area contributed by atoms with Gasteiger partial charge in [0.2, 0.25) is 5.91 Å². The zero-order chi connectivity index (χ0) is 12.4. The van der Waals surface area contributed by atoms with Gasteiger partial charge in [-0.05, 0) is 31.6 Å². The fourth-order valence-corrected chi connectivity index (χ4v) is 3.95. The predicted octanol–water partition coefficient (Wildman–Crippen LogP) is 2.31. The average molecular weight is 250 g/mol. The normalized spacial score (nSPS) is 32.8. The first-order valence-electron chi connectivity index (χ1n) is 7.85. The van der Waals surface area contributed by atoms with Crippen molar-refractivity contribution in [1.29, 1.82) is 0 Å². The number of fused-ring (bicyclic) bond motifs is 2. The fraction of sp³-hybridized carbons (Fsp3) is 0.933. The largest absolute Gasteiger partial charge is 0.341 e. The first-order valence-corrected chi connectivity index (χ1v) is 7.85. The van der Waals surface area contributed by atoms with Crippen molar-refractivity contribution in [3.05, 3.63) is 0 Å². The molecule has 0 aromatic carbocycles. The van der Waals surface area contributed by atoms with Gasteiger partial charge in [0, 0.05) is 31.6 Å². The van der Waals surface area contributed by atoms with E-state index in [4.69, 9.17) is 0 Å². The monoisotopic (exact) mass is 250 g/mol. The molecule has 2 heterocycles. The third-order valence-electron chi connectivity index (χ3n) is 5.12. The molecule has 3 heteroatoms. The summed E-state index contributed by atoms with van der Waals surface area (Å²) in [6.07, 6.45) is 11.2. The molecule has 2 atom stereocenters. The Bertz CT molecular complexity index is 299. The molecule has 3 fully saturated rings. The average Bonchev–Trinajstić information content (AvgIpc) is 2.96. The Morgan fingerprint density at radius 1 is 1.06 bits per heavy atom. The molecule has 1 amide bonds. The number of nitrogens with one attached hydrogen (secondary N) is 1. The molecule has 0 radical (unpaired) electrons. The predicted molar refractivity (Wildman–Crippen MR) is 72.3 cm³/mol. The van der Waals surface area contributed by atoms with E-state index in [2.05, 4.69) is 10.2 Å². The second-order valence-corrected chi connectivity index (χ2v) is 6.46. The van der Waals surface area contributed by atoms with E-state index < -0.39 is 0 Å². The lowest BCUT2D eigenvalue weighted by atomic mass is 10.0. The Morgan fingerprint density at radius 3 is 2.67 bits per heavy atom. The molecule has 2 bridgehead atoms. The van der Waals surface area contributed by atoms with Crippen LogP contribution in [0.25, 0.3) is 0 Å². The highest BCUT2D eigenvalue weighted by Gasteiger charge is 2.31. The summed E-state index contributed by atoms with van der Waals surface area (Å²) in [5, 5.41) is 3.64. The van der Waals surface area contributed by atoms with Crippen LogP contribution >= 0.6 is 0 Å².